The van der Waals surface area contributed by atoms with Gasteiger partial charge in [0.15, 0.2) is 0 Å². The molecule has 0 spiro atoms. The van der Waals surface area contributed by atoms with Crippen LogP contribution in [0.4, 0.5) is 0 Å². The second-order valence-corrected chi connectivity index (χ2v) is 16.9. The Morgan fingerprint density at radius 3 is 1.55 bits per heavy atom. The van der Waals surface area contributed by atoms with Crippen LogP contribution in [0.15, 0.2) is 223 Å². The molecule has 0 aliphatic rings. The predicted octanol–water partition coefficient (Wildman–Crippen LogP) is 15.9. The summed E-state index contributed by atoms with van der Waals surface area (Å²) in [6.07, 6.45) is 0. The van der Waals surface area contributed by atoms with Gasteiger partial charge >= 0.3 is 0 Å². The van der Waals surface area contributed by atoms with E-state index in [9.17, 15) is 0 Å². The number of fused-ring (bicyclic) bond motifs is 11. The zero-order valence-corrected chi connectivity index (χ0v) is 35.0. The molecule has 0 saturated carbocycles. The van der Waals surface area contributed by atoms with E-state index in [1.165, 1.54) is 21.5 Å². The number of hydrogen-bond acceptors (Lipinski definition) is 3. The zero-order valence-electron chi connectivity index (χ0n) is 35.0. The Kier molecular flexibility index (Phi) is 7.62. The highest BCUT2D eigenvalue weighted by Crippen LogP contribution is 2.40. The fourth-order valence-electron chi connectivity index (χ4n) is 10.4. The second-order valence-electron chi connectivity index (χ2n) is 16.9. The second kappa shape index (κ2) is 13.9. The van der Waals surface area contributed by atoms with Crippen LogP contribution in [0, 0.1) is 0 Å². The van der Waals surface area contributed by atoms with Crippen LogP contribution in [-0.4, -0.2) is 19.1 Å². The number of furan rings is 1. The number of aromatic nitrogens is 4. The van der Waals surface area contributed by atoms with E-state index in [-0.39, 0.29) is 0 Å². The van der Waals surface area contributed by atoms with Crippen LogP contribution in [0.1, 0.15) is 0 Å². The molecule has 0 unspecified atom stereocenters. The number of benzene rings is 10. The monoisotopic (exact) mass is 828 g/mol. The summed E-state index contributed by atoms with van der Waals surface area (Å²) in [6, 6.07) is 78.0. The van der Waals surface area contributed by atoms with Crippen molar-refractivity contribution >= 4 is 87.1 Å². The molecule has 0 radical (unpaired) electrons. The maximum Gasteiger partial charge on any atom is 0.235 e. The van der Waals surface area contributed by atoms with Crippen LogP contribution in [0.5, 0.6) is 0 Å². The minimum absolute atomic E-state index is 0.627. The van der Waals surface area contributed by atoms with Crippen LogP contribution in [0.25, 0.3) is 132 Å². The Hall–Kier alpha value is -8.80. The van der Waals surface area contributed by atoms with Crippen LogP contribution in [-0.2, 0) is 0 Å². The number of rotatable bonds is 5. The first kappa shape index (κ1) is 35.8. The molecule has 0 atom stereocenters. The summed E-state index contributed by atoms with van der Waals surface area (Å²) in [6.45, 7) is 0. The van der Waals surface area contributed by atoms with Gasteiger partial charge in [0.05, 0.1) is 33.5 Å². The molecular formula is C60H36N4O. The highest BCUT2D eigenvalue weighted by molar-refractivity contribution is 6.13. The van der Waals surface area contributed by atoms with E-state index in [2.05, 4.69) is 215 Å². The van der Waals surface area contributed by atoms with Crippen LogP contribution in [0.2, 0.25) is 0 Å². The molecule has 14 aromatic rings. The van der Waals surface area contributed by atoms with Gasteiger partial charge in [0.1, 0.15) is 11.2 Å². The molecule has 0 N–H and O–H groups in total. The lowest BCUT2D eigenvalue weighted by atomic mass is 9.99. The van der Waals surface area contributed by atoms with Crippen molar-refractivity contribution in [3.8, 4) is 45.3 Å². The lowest BCUT2D eigenvalue weighted by molar-refractivity contribution is 0.669. The molecule has 4 heterocycles. The number of nitrogens with zero attached hydrogens (tertiary/aromatic N) is 4. The average Bonchev–Trinajstić information content (AvgIpc) is 4.03. The van der Waals surface area contributed by atoms with Crippen LogP contribution in [0.3, 0.4) is 0 Å². The van der Waals surface area contributed by atoms with E-state index in [4.69, 9.17) is 14.4 Å². The Morgan fingerprint density at radius 2 is 0.831 bits per heavy atom. The summed E-state index contributed by atoms with van der Waals surface area (Å²) >= 11 is 0. The van der Waals surface area contributed by atoms with Crippen LogP contribution >= 0.6 is 0 Å². The summed E-state index contributed by atoms with van der Waals surface area (Å²) in [5.41, 5.74) is 13.4. The van der Waals surface area contributed by atoms with Crippen molar-refractivity contribution in [2.75, 3.05) is 0 Å². The predicted molar refractivity (Wildman–Crippen MR) is 269 cm³/mol. The summed E-state index contributed by atoms with van der Waals surface area (Å²) < 4.78 is 10.9. The first-order valence-corrected chi connectivity index (χ1v) is 22.1. The van der Waals surface area contributed by atoms with E-state index in [0.717, 1.165) is 105 Å². The summed E-state index contributed by atoms with van der Waals surface area (Å²) in [5, 5.41) is 11.6. The molecule has 0 bridgehead atoms. The van der Waals surface area contributed by atoms with Crippen molar-refractivity contribution in [1.29, 1.82) is 0 Å². The molecule has 302 valence electrons. The van der Waals surface area contributed by atoms with Gasteiger partial charge in [-0.05, 0) is 93.3 Å². The van der Waals surface area contributed by atoms with E-state index >= 15 is 0 Å². The molecule has 0 amide bonds. The van der Waals surface area contributed by atoms with Gasteiger partial charge in [0, 0.05) is 49.1 Å². The van der Waals surface area contributed by atoms with E-state index in [0.29, 0.717) is 5.95 Å². The summed E-state index contributed by atoms with van der Waals surface area (Å²) in [7, 11) is 0. The molecule has 65 heavy (non-hydrogen) atoms. The topological polar surface area (TPSA) is 48.8 Å². The van der Waals surface area contributed by atoms with Gasteiger partial charge in [0.2, 0.25) is 5.95 Å². The standard InChI is InChI=1S/C60H36N4O/c1-3-17-42-37(13-1)15-11-22-44(42)52-36-53(45-23-12-16-38-14-2-4-18-43(38)45)62-60(61-52)64-55-25-9-5-19-46(55)48-30-27-40(34-57(48)64)39-28-31-56-50(33-39)47-20-6-8-24-54(47)63(56)41-29-32-59-51(35-41)49-21-7-10-26-58(49)65-59/h1-36H. The Bertz CT molecular complexity index is 4160. The van der Waals surface area contributed by atoms with Crippen molar-refractivity contribution in [3.05, 3.63) is 218 Å². The highest BCUT2D eigenvalue weighted by atomic mass is 16.3. The van der Waals surface area contributed by atoms with E-state index in [1.807, 2.05) is 12.1 Å². The fraction of sp³-hybridized carbons (Fsp3) is 0. The molecule has 0 aliphatic carbocycles. The third-order valence-corrected chi connectivity index (χ3v) is 13.3. The molecule has 0 aliphatic heterocycles. The van der Waals surface area contributed by atoms with Crippen molar-refractivity contribution in [2.24, 2.45) is 0 Å². The Balaban J connectivity index is 0.982. The molecule has 0 fully saturated rings. The Morgan fingerprint density at radius 1 is 0.308 bits per heavy atom. The van der Waals surface area contributed by atoms with Gasteiger partial charge in [0.25, 0.3) is 0 Å². The van der Waals surface area contributed by atoms with Crippen molar-refractivity contribution < 1.29 is 4.42 Å². The van der Waals surface area contributed by atoms with Gasteiger partial charge in [-0.3, -0.25) is 4.57 Å². The lowest BCUT2D eigenvalue weighted by Crippen LogP contribution is -2.04. The molecule has 0 saturated heterocycles. The maximum atomic E-state index is 6.21. The third-order valence-electron chi connectivity index (χ3n) is 13.3. The van der Waals surface area contributed by atoms with Gasteiger partial charge in [-0.2, -0.15) is 0 Å². The fourth-order valence-corrected chi connectivity index (χ4v) is 10.4. The van der Waals surface area contributed by atoms with Crippen LogP contribution < -0.4 is 0 Å². The molecule has 14 rings (SSSR count). The number of hydrogen-bond donors (Lipinski definition) is 0. The van der Waals surface area contributed by atoms with Crippen molar-refractivity contribution in [3.63, 3.8) is 0 Å². The smallest absolute Gasteiger partial charge is 0.235 e. The van der Waals surface area contributed by atoms with Gasteiger partial charge in [-0.15, -0.1) is 0 Å². The van der Waals surface area contributed by atoms with Crippen molar-refractivity contribution in [1.82, 2.24) is 19.1 Å². The SMILES string of the molecule is c1ccc2c(-c3cc(-c4cccc5ccccc45)nc(-n4c5ccccc5c5ccc(-c6ccc7c(c6)c6ccccc6n7-c6ccc7oc8ccccc8c7c6)cc54)n3)cccc2c1. The molecule has 5 nitrogen and oxygen atoms in total. The number of para-hydroxylation sites is 3. The molecule has 4 aromatic heterocycles. The lowest BCUT2D eigenvalue weighted by Gasteiger charge is -2.14. The van der Waals surface area contributed by atoms with Gasteiger partial charge < -0.3 is 8.98 Å². The van der Waals surface area contributed by atoms with Gasteiger partial charge in [-0.25, -0.2) is 9.97 Å². The largest absolute Gasteiger partial charge is 0.456 e. The van der Waals surface area contributed by atoms with E-state index in [1.54, 1.807) is 0 Å². The average molecular weight is 829 g/mol. The van der Waals surface area contributed by atoms with E-state index < -0.39 is 0 Å². The first-order valence-electron chi connectivity index (χ1n) is 22.1. The quantitative estimate of drug-likeness (QED) is 0.174. The zero-order chi connectivity index (χ0) is 42.6. The summed E-state index contributed by atoms with van der Waals surface area (Å²) in [4.78, 5) is 11.0. The minimum Gasteiger partial charge on any atom is -0.456 e. The first-order chi connectivity index (χ1) is 32.2. The maximum absolute atomic E-state index is 6.21. The van der Waals surface area contributed by atoms with Crippen molar-refractivity contribution in [2.45, 2.75) is 0 Å². The van der Waals surface area contributed by atoms with Gasteiger partial charge in [-0.1, -0.05) is 158 Å². The summed E-state index contributed by atoms with van der Waals surface area (Å²) in [5.74, 6) is 0.627. The normalized spacial score (nSPS) is 12.0. The Labute approximate surface area is 372 Å². The third kappa shape index (κ3) is 5.46. The molecular weight excluding hydrogens is 793 g/mol. The molecule has 5 heteroatoms. The minimum atomic E-state index is 0.627. The highest BCUT2D eigenvalue weighted by Gasteiger charge is 2.20. The molecule has 10 aromatic carbocycles.